The first-order chi connectivity index (χ1) is 13.1. The highest BCUT2D eigenvalue weighted by Crippen LogP contribution is 2.25. The van der Waals surface area contributed by atoms with Crippen molar-refractivity contribution in [1.82, 2.24) is 0 Å². The first-order valence-corrected chi connectivity index (χ1v) is 9.26. The van der Waals surface area contributed by atoms with E-state index < -0.39 is 7.12 Å². The lowest BCUT2D eigenvalue weighted by Gasteiger charge is -2.07. The summed E-state index contributed by atoms with van der Waals surface area (Å²) in [6.07, 6.45) is 3.00. The van der Waals surface area contributed by atoms with Gasteiger partial charge in [0.25, 0.3) is 0 Å². The molecule has 0 aliphatic heterocycles. The zero-order valence-corrected chi connectivity index (χ0v) is 16.5. The van der Waals surface area contributed by atoms with Crippen molar-refractivity contribution >= 4 is 12.6 Å². The van der Waals surface area contributed by atoms with Crippen molar-refractivity contribution in [2.75, 3.05) is 0 Å². The maximum atomic E-state index is 9.13. The van der Waals surface area contributed by atoms with Crippen LogP contribution in [-0.4, -0.2) is 17.2 Å². The summed E-state index contributed by atoms with van der Waals surface area (Å²) in [5.74, 6) is 0. The van der Waals surface area contributed by atoms with Gasteiger partial charge < -0.3 is 10.0 Å². The van der Waals surface area contributed by atoms with Gasteiger partial charge in [0.1, 0.15) is 0 Å². The van der Waals surface area contributed by atoms with Crippen molar-refractivity contribution in [1.29, 1.82) is 0 Å². The van der Waals surface area contributed by atoms with E-state index in [4.69, 9.17) is 10.0 Å². The molecule has 0 fully saturated rings. The van der Waals surface area contributed by atoms with Gasteiger partial charge in [0.15, 0.2) is 0 Å². The lowest BCUT2D eigenvalue weighted by molar-refractivity contribution is 0.426. The molecule has 0 saturated carbocycles. The Hall–Kier alpha value is -2.62. The highest BCUT2D eigenvalue weighted by molar-refractivity contribution is 6.58. The first kappa shape index (κ1) is 22.4. The predicted octanol–water partition coefficient (Wildman–Crippen LogP) is 5.31. The molecule has 3 aromatic carbocycles. The standard InChI is InChI=1S/C18H15BO2.C3H8.C3H6/c20-19(21)18-11-9-15(10-12-18)17-8-4-7-16(13-17)14-5-2-1-3-6-14;2*1-3-2/h1-13,20-21H;3H2,1-2H3;3H,1H2,2H3. The third-order valence-electron chi connectivity index (χ3n) is 3.51. The molecule has 3 aromatic rings. The van der Waals surface area contributed by atoms with Gasteiger partial charge in [0, 0.05) is 0 Å². The number of hydrogen-bond acceptors (Lipinski definition) is 2. The Morgan fingerprint density at radius 3 is 1.59 bits per heavy atom. The molecule has 27 heavy (non-hydrogen) atoms. The molecule has 2 nitrogen and oxygen atoms in total. The SMILES string of the molecule is C=CC.CCC.OB(O)c1ccc(-c2cccc(-c3ccccc3)c2)cc1. The molecule has 0 unspecified atom stereocenters. The van der Waals surface area contributed by atoms with Crippen LogP contribution >= 0.6 is 0 Å². The van der Waals surface area contributed by atoms with E-state index in [-0.39, 0.29) is 0 Å². The van der Waals surface area contributed by atoms with Crippen molar-refractivity contribution in [3.63, 3.8) is 0 Å². The number of allylic oxidation sites excluding steroid dienone is 1. The highest BCUT2D eigenvalue weighted by atomic mass is 16.4. The maximum Gasteiger partial charge on any atom is 0.488 e. The fourth-order valence-electron chi connectivity index (χ4n) is 2.36. The molecule has 0 bridgehead atoms. The lowest BCUT2D eigenvalue weighted by Crippen LogP contribution is -2.29. The summed E-state index contributed by atoms with van der Waals surface area (Å²) in [4.78, 5) is 0. The van der Waals surface area contributed by atoms with Gasteiger partial charge in [0.05, 0.1) is 0 Å². The van der Waals surface area contributed by atoms with E-state index in [1.54, 1.807) is 18.2 Å². The fraction of sp³-hybridized carbons (Fsp3) is 0.167. The van der Waals surface area contributed by atoms with E-state index >= 15 is 0 Å². The minimum atomic E-state index is -1.42. The molecule has 0 saturated heterocycles. The van der Waals surface area contributed by atoms with Crippen LogP contribution in [0.25, 0.3) is 22.3 Å². The zero-order chi connectivity index (χ0) is 20.1. The smallest absolute Gasteiger partial charge is 0.423 e. The summed E-state index contributed by atoms with van der Waals surface area (Å²) in [5, 5.41) is 18.3. The minimum Gasteiger partial charge on any atom is -0.423 e. The van der Waals surface area contributed by atoms with Gasteiger partial charge >= 0.3 is 7.12 Å². The van der Waals surface area contributed by atoms with Gasteiger partial charge in [-0.3, -0.25) is 0 Å². The third kappa shape index (κ3) is 7.65. The van der Waals surface area contributed by atoms with Gasteiger partial charge in [-0.25, -0.2) is 0 Å². The number of rotatable bonds is 3. The van der Waals surface area contributed by atoms with E-state index in [0.29, 0.717) is 5.46 Å². The second-order valence-electron chi connectivity index (χ2n) is 6.06. The van der Waals surface area contributed by atoms with E-state index in [1.807, 2.05) is 43.3 Å². The van der Waals surface area contributed by atoms with Crippen LogP contribution < -0.4 is 5.46 Å². The Labute approximate surface area is 164 Å². The van der Waals surface area contributed by atoms with Crippen LogP contribution in [0.3, 0.4) is 0 Å². The van der Waals surface area contributed by atoms with Crippen LogP contribution in [0.5, 0.6) is 0 Å². The third-order valence-corrected chi connectivity index (χ3v) is 3.51. The molecule has 0 aliphatic rings. The monoisotopic (exact) mass is 360 g/mol. The summed E-state index contributed by atoms with van der Waals surface area (Å²) in [7, 11) is -1.42. The van der Waals surface area contributed by atoms with Crippen molar-refractivity contribution in [2.24, 2.45) is 0 Å². The summed E-state index contributed by atoms with van der Waals surface area (Å²) in [6.45, 7) is 9.50. The van der Waals surface area contributed by atoms with Crippen LogP contribution in [-0.2, 0) is 0 Å². The minimum absolute atomic E-state index is 0.498. The molecule has 0 radical (unpaired) electrons. The number of hydrogen-bond donors (Lipinski definition) is 2. The van der Waals surface area contributed by atoms with Crippen molar-refractivity contribution in [3.05, 3.63) is 91.5 Å². The van der Waals surface area contributed by atoms with Crippen LogP contribution in [0.1, 0.15) is 27.2 Å². The topological polar surface area (TPSA) is 40.5 Å². The fourth-order valence-corrected chi connectivity index (χ4v) is 2.36. The van der Waals surface area contributed by atoms with Gasteiger partial charge in [-0.05, 0) is 40.7 Å². The molecule has 0 aliphatic carbocycles. The van der Waals surface area contributed by atoms with Gasteiger partial charge in [-0.2, -0.15) is 0 Å². The summed E-state index contributed by atoms with van der Waals surface area (Å²) in [6, 6.07) is 25.8. The maximum absolute atomic E-state index is 9.13. The molecule has 0 spiro atoms. The molecule has 2 N–H and O–H groups in total. The Bertz CT molecular complexity index is 781. The lowest BCUT2D eigenvalue weighted by atomic mass is 9.80. The Balaban J connectivity index is 0.000000540. The first-order valence-electron chi connectivity index (χ1n) is 9.26. The predicted molar refractivity (Wildman–Crippen MR) is 119 cm³/mol. The Kier molecular flexibility index (Phi) is 10.5. The molecule has 0 heterocycles. The molecule has 0 amide bonds. The van der Waals surface area contributed by atoms with Gasteiger partial charge in [0.2, 0.25) is 0 Å². The van der Waals surface area contributed by atoms with Crippen LogP contribution in [0.15, 0.2) is 91.5 Å². The average molecular weight is 360 g/mol. The average Bonchev–Trinajstić information content (AvgIpc) is 2.70. The highest BCUT2D eigenvalue weighted by Gasteiger charge is 2.10. The quantitative estimate of drug-likeness (QED) is 0.491. The molecule has 3 rings (SSSR count). The molecular formula is C24H29BO2. The molecule has 0 atom stereocenters. The molecule has 3 heteroatoms. The Morgan fingerprint density at radius 1 is 0.741 bits per heavy atom. The second-order valence-corrected chi connectivity index (χ2v) is 6.06. The van der Waals surface area contributed by atoms with E-state index in [9.17, 15) is 0 Å². The number of benzene rings is 3. The normalized spacial score (nSPS) is 9.22. The van der Waals surface area contributed by atoms with E-state index in [0.717, 1.165) is 11.1 Å². The van der Waals surface area contributed by atoms with E-state index in [2.05, 4.69) is 50.8 Å². The molecule has 140 valence electrons. The summed E-state index contributed by atoms with van der Waals surface area (Å²) in [5.41, 5.74) is 5.01. The van der Waals surface area contributed by atoms with Crippen molar-refractivity contribution in [3.8, 4) is 22.3 Å². The van der Waals surface area contributed by atoms with E-state index in [1.165, 1.54) is 17.5 Å². The Morgan fingerprint density at radius 2 is 1.15 bits per heavy atom. The molecule has 0 aromatic heterocycles. The second kappa shape index (κ2) is 12.7. The summed E-state index contributed by atoms with van der Waals surface area (Å²) >= 11 is 0. The van der Waals surface area contributed by atoms with Crippen molar-refractivity contribution in [2.45, 2.75) is 27.2 Å². The zero-order valence-electron chi connectivity index (χ0n) is 16.5. The van der Waals surface area contributed by atoms with Gasteiger partial charge in [-0.1, -0.05) is 99.1 Å². The van der Waals surface area contributed by atoms with Crippen LogP contribution in [0, 0.1) is 0 Å². The summed E-state index contributed by atoms with van der Waals surface area (Å²) < 4.78 is 0. The van der Waals surface area contributed by atoms with Crippen LogP contribution in [0.2, 0.25) is 0 Å². The molecular weight excluding hydrogens is 331 g/mol. The van der Waals surface area contributed by atoms with Crippen LogP contribution in [0.4, 0.5) is 0 Å². The van der Waals surface area contributed by atoms with Gasteiger partial charge in [-0.15, -0.1) is 6.58 Å². The van der Waals surface area contributed by atoms with Crippen molar-refractivity contribution < 1.29 is 10.0 Å². The largest absolute Gasteiger partial charge is 0.488 e.